The number of piperazine rings is 1. The molecule has 4 rings (SSSR count). The number of hydrogen-bond acceptors (Lipinski definition) is 7. The van der Waals surface area contributed by atoms with Gasteiger partial charge in [0.25, 0.3) is 11.3 Å². The molecule has 0 radical (unpaired) electrons. The van der Waals surface area contributed by atoms with Gasteiger partial charge in [-0.15, -0.1) is 0 Å². The Kier molecular flexibility index (Phi) is 4.74. The Morgan fingerprint density at radius 1 is 1.07 bits per heavy atom. The van der Waals surface area contributed by atoms with E-state index < -0.39 is 0 Å². The topological polar surface area (TPSA) is 84.5 Å². The molecule has 0 saturated carbocycles. The molecule has 0 amide bonds. The van der Waals surface area contributed by atoms with Crippen molar-refractivity contribution in [1.29, 1.82) is 0 Å². The Morgan fingerprint density at radius 2 is 1.79 bits per heavy atom. The maximum absolute atomic E-state index is 12.0. The summed E-state index contributed by atoms with van der Waals surface area (Å²) in [5, 5.41) is 8.94. The molecule has 1 fully saturated rings. The van der Waals surface area contributed by atoms with Gasteiger partial charge in [0.2, 0.25) is 0 Å². The van der Waals surface area contributed by atoms with Gasteiger partial charge in [-0.1, -0.05) is 13.8 Å². The fourth-order valence-electron chi connectivity index (χ4n) is 3.62. The molecule has 9 heteroatoms. The van der Waals surface area contributed by atoms with E-state index in [0.29, 0.717) is 18.2 Å². The van der Waals surface area contributed by atoms with Crippen LogP contribution in [0.25, 0.3) is 5.78 Å². The fourth-order valence-corrected chi connectivity index (χ4v) is 3.62. The predicted molar refractivity (Wildman–Crippen MR) is 108 cm³/mol. The number of anilines is 2. The first kappa shape index (κ1) is 18.4. The van der Waals surface area contributed by atoms with Crippen LogP contribution in [0, 0.1) is 19.8 Å². The largest absolute Gasteiger partial charge is 0.353 e. The third-order valence-electron chi connectivity index (χ3n) is 5.17. The summed E-state index contributed by atoms with van der Waals surface area (Å²) in [6.07, 6.45) is 1.54. The molecule has 4 heterocycles. The third kappa shape index (κ3) is 3.32. The monoisotopic (exact) mass is 382 g/mol. The fraction of sp³-hybridized carbons (Fsp3) is 0.526. The second-order valence-corrected chi connectivity index (χ2v) is 7.70. The Hall–Kier alpha value is -2.97. The van der Waals surface area contributed by atoms with Crippen LogP contribution in [0.3, 0.4) is 0 Å². The number of aromatic nitrogens is 6. The van der Waals surface area contributed by atoms with Crippen LogP contribution in [0.5, 0.6) is 0 Å². The van der Waals surface area contributed by atoms with Crippen LogP contribution in [0.15, 0.2) is 23.3 Å². The number of rotatable bonds is 4. The number of hydrogen-bond donors (Lipinski definition) is 0. The van der Waals surface area contributed by atoms with Gasteiger partial charge in [0.1, 0.15) is 18.0 Å². The zero-order valence-electron chi connectivity index (χ0n) is 16.8. The minimum Gasteiger partial charge on any atom is -0.353 e. The first-order chi connectivity index (χ1) is 13.4. The van der Waals surface area contributed by atoms with Crippen molar-refractivity contribution in [1.82, 2.24) is 29.4 Å². The van der Waals surface area contributed by atoms with E-state index in [9.17, 15) is 4.79 Å². The van der Waals surface area contributed by atoms with E-state index in [0.717, 1.165) is 49.1 Å². The number of fused-ring (bicyclic) bond motifs is 1. The second-order valence-electron chi connectivity index (χ2n) is 7.70. The highest BCUT2D eigenvalue weighted by Gasteiger charge is 2.23. The summed E-state index contributed by atoms with van der Waals surface area (Å²) in [4.78, 5) is 25.3. The van der Waals surface area contributed by atoms with Crippen molar-refractivity contribution >= 4 is 17.4 Å². The highest BCUT2D eigenvalue weighted by Crippen LogP contribution is 2.24. The average molecular weight is 382 g/mol. The number of aryl methyl sites for hydroxylation is 1. The molecule has 1 aliphatic heterocycles. The van der Waals surface area contributed by atoms with Gasteiger partial charge in [-0.3, -0.25) is 4.79 Å². The molecule has 1 aliphatic rings. The van der Waals surface area contributed by atoms with Crippen molar-refractivity contribution in [3.05, 3.63) is 40.1 Å². The Balaban J connectivity index is 1.55. The summed E-state index contributed by atoms with van der Waals surface area (Å²) in [7, 11) is 0. The predicted octanol–water partition coefficient (Wildman–Crippen LogP) is 1.28. The lowest BCUT2D eigenvalue weighted by Gasteiger charge is -2.37. The molecule has 0 N–H and O–H groups in total. The highest BCUT2D eigenvalue weighted by molar-refractivity contribution is 5.55. The molecule has 0 spiro atoms. The molecule has 0 unspecified atom stereocenters. The van der Waals surface area contributed by atoms with Crippen LogP contribution in [0.1, 0.15) is 25.1 Å². The summed E-state index contributed by atoms with van der Waals surface area (Å²) in [6.45, 7) is 12.2. The lowest BCUT2D eigenvalue weighted by atomic mass is 10.2. The zero-order chi connectivity index (χ0) is 19.8. The van der Waals surface area contributed by atoms with Gasteiger partial charge in [0.15, 0.2) is 0 Å². The molecule has 3 aromatic rings. The van der Waals surface area contributed by atoms with Crippen LogP contribution >= 0.6 is 0 Å². The molecule has 9 nitrogen and oxygen atoms in total. The van der Waals surface area contributed by atoms with Crippen molar-refractivity contribution < 1.29 is 0 Å². The quantitative estimate of drug-likeness (QED) is 0.672. The average Bonchev–Trinajstić information content (AvgIpc) is 3.12. The van der Waals surface area contributed by atoms with Crippen molar-refractivity contribution in [3.63, 3.8) is 0 Å². The van der Waals surface area contributed by atoms with Gasteiger partial charge in [-0.2, -0.15) is 19.7 Å². The molecule has 0 atom stereocenters. The first-order valence-electron chi connectivity index (χ1n) is 9.69. The normalized spacial score (nSPS) is 15.0. The van der Waals surface area contributed by atoms with Crippen LogP contribution in [-0.4, -0.2) is 55.5 Å². The van der Waals surface area contributed by atoms with E-state index in [4.69, 9.17) is 0 Å². The van der Waals surface area contributed by atoms with Crippen molar-refractivity contribution in [3.8, 4) is 0 Å². The molecule has 148 valence electrons. The molecule has 0 aliphatic carbocycles. The highest BCUT2D eigenvalue weighted by atomic mass is 16.1. The third-order valence-corrected chi connectivity index (χ3v) is 5.17. The van der Waals surface area contributed by atoms with E-state index in [1.807, 2.05) is 17.5 Å². The lowest BCUT2D eigenvalue weighted by Crippen LogP contribution is -2.48. The molecule has 28 heavy (non-hydrogen) atoms. The maximum atomic E-state index is 12.0. The zero-order valence-corrected chi connectivity index (χ0v) is 16.8. The van der Waals surface area contributed by atoms with E-state index in [2.05, 4.69) is 50.7 Å². The molecular weight excluding hydrogens is 356 g/mol. The lowest BCUT2D eigenvalue weighted by molar-refractivity contribution is 0.461. The van der Waals surface area contributed by atoms with Crippen LogP contribution in [0.2, 0.25) is 0 Å². The van der Waals surface area contributed by atoms with Crippen LogP contribution in [0.4, 0.5) is 11.6 Å². The van der Waals surface area contributed by atoms with Gasteiger partial charge in [-0.05, 0) is 25.8 Å². The Morgan fingerprint density at radius 3 is 2.50 bits per heavy atom. The van der Waals surface area contributed by atoms with E-state index in [1.165, 1.54) is 0 Å². The van der Waals surface area contributed by atoms with Gasteiger partial charge >= 0.3 is 0 Å². The van der Waals surface area contributed by atoms with E-state index >= 15 is 0 Å². The summed E-state index contributed by atoms with van der Waals surface area (Å²) < 4.78 is 3.39. The minimum absolute atomic E-state index is 0.0486. The summed E-state index contributed by atoms with van der Waals surface area (Å²) in [5.41, 5.74) is 2.04. The van der Waals surface area contributed by atoms with Crippen molar-refractivity contribution in [2.24, 2.45) is 5.92 Å². The molecule has 0 aromatic carbocycles. The van der Waals surface area contributed by atoms with Gasteiger partial charge < -0.3 is 9.80 Å². The molecule has 0 bridgehead atoms. The molecule has 3 aromatic heterocycles. The SMILES string of the molecule is Cc1nc2ncnn2c(N2CCN(c3ccc(=O)n(CC(C)C)n3)CC2)c1C. The maximum Gasteiger partial charge on any atom is 0.266 e. The van der Waals surface area contributed by atoms with E-state index in [-0.39, 0.29) is 5.56 Å². The Bertz CT molecular complexity index is 1050. The van der Waals surface area contributed by atoms with Gasteiger partial charge in [0, 0.05) is 50.0 Å². The summed E-state index contributed by atoms with van der Waals surface area (Å²) in [5.74, 6) is 2.91. The van der Waals surface area contributed by atoms with Gasteiger partial charge in [0.05, 0.1) is 0 Å². The molecule has 1 saturated heterocycles. The standard InChI is InChI=1S/C19H26N8O/c1-13(2)11-26-17(28)6-5-16(23-26)24-7-9-25(10-8-24)18-14(3)15(4)22-19-20-12-21-27(18)19/h5-6,12-13H,7-11H2,1-4H3. The Labute approximate surface area is 163 Å². The van der Waals surface area contributed by atoms with Gasteiger partial charge in [-0.25, -0.2) is 9.67 Å². The number of nitrogens with zero attached hydrogens (tertiary/aromatic N) is 8. The van der Waals surface area contributed by atoms with E-state index in [1.54, 1.807) is 17.1 Å². The smallest absolute Gasteiger partial charge is 0.266 e. The van der Waals surface area contributed by atoms with Crippen LogP contribution < -0.4 is 15.4 Å². The first-order valence-corrected chi connectivity index (χ1v) is 9.69. The van der Waals surface area contributed by atoms with Crippen LogP contribution in [-0.2, 0) is 6.54 Å². The van der Waals surface area contributed by atoms with Crippen molar-refractivity contribution in [2.75, 3.05) is 36.0 Å². The summed E-state index contributed by atoms with van der Waals surface area (Å²) in [6, 6.07) is 3.44. The minimum atomic E-state index is -0.0486. The van der Waals surface area contributed by atoms with Crippen molar-refractivity contribution in [2.45, 2.75) is 34.2 Å². The second kappa shape index (κ2) is 7.21. The summed E-state index contributed by atoms with van der Waals surface area (Å²) >= 11 is 0. The molecular formula is C19H26N8O.